The molecule has 51 heavy (non-hydrogen) atoms. The Labute approximate surface area is 283 Å². The second kappa shape index (κ2) is 13.9. The molecule has 18 nitrogen and oxygen atoms in total. The first-order valence-corrected chi connectivity index (χ1v) is 14.5. The molecular weight excluding hydrogens is 676 g/mol. The standard InChI is InChI=1S/C31H21F2N11O7/c32-18-10-16(30(47)48)22(36-29(46)21-1-3-25-24(13-34)39-42-44(25)41-21)9-15(18)5-8-51-26-12-23(17(31(49)50)11-19(26)33)37-28(45)20-2-4-27(40-38-20)43-7-6-35-14-43/h1-4,6-7,9-12,14,39,42H,5,8H2,(H,36,46)(H,37,45)(H,47,48)(H,49,50). The van der Waals surface area contributed by atoms with E-state index in [1.165, 1.54) is 41.4 Å². The van der Waals surface area contributed by atoms with Crippen LogP contribution < -0.4 is 26.3 Å². The van der Waals surface area contributed by atoms with Crippen LogP contribution in [0.25, 0.3) is 5.82 Å². The number of hydrogen-bond acceptors (Lipinski definition) is 13. The number of nitrogens with zero attached hydrogens (tertiary/aromatic N) is 7. The summed E-state index contributed by atoms with van der Waals surface area (Å²) in [6, 6.07) is 8.03. The number of amides is 2. The minimum atomic E-state index is -1.56. The predicted octanol–water partition coefficient (Wildman–Crippen LogP) is 2.13. The summed E-state index contributed by atoms with van der Waals surface area (Å²) in [7, 11) is 0. The topological polar surface area (TPSA) is 249 Å². The zero-order valence-corrected chi connectivity index (χ0v) is 25.6. The van der Waals surface area contributed by atoms with Crippen molar-refractivity contribution in [1.29, 1.82) is 5.26 Å². The molecule has 0 saturated carbocycles. The number of hydrazone groups is 1. The number of carbonyl (C=O) groups is 4. The van der Waals surface area contributed by atoms with Crippen molar-refractivity contribution in [1.82, 2.24) is 35.8 Å². The maximum absolute atomic E-state index is 15.0. The van der Waals surface area contributed by atoms with Gasteiger partial charge in [0.2, 0.25) is 0 Å². The summed E-state index contributed by atoms with van der Waals surface area (Å²) in [5.74, 6) is -7.02. The molecule has 0 fully saturated rings. The van der Waals surface area contributed by atoms with Gasteiger partial charge in [-0.2, -0.15) is 10.4 Å². The summed E-state index contributed by atoms with van der Waals surface area (Å²) < 4.78 is 36.9. The second-order valence-electron chi connectivity index (χ2n) is 10.4. The van der Waals surface area contributed by atoms with Crippen LogP contribution >= 0.6 is 0 Å². The highest BCUT2D eigenvalue weighted by Crippen LogP contribution is 2.28. The molecule has 2 aliphatic heterocycles. The minimum absolute atomic E-state index is 0.125. The number of rotatable bonds is 11. The number of nitriles is 1. The predicted molar refractivity (Wildman–Crippen MR) is 169 cm³/mol. The third-order valence-corrected chi connectivity index (χ3v) is 7.22. The molecule has 0 radical (unpaired) electrons. The van der Waals surface area contributed by atoms with Gasteiger partial charge in [-0.15, -0.1) is 20.8 Å². The molecule has 256 valence electrons. The molecule has 4 heterocycles. The van der Waals surface area contributed by atoms with E-state index in [-0.39, 0.29) is 40.5 Å². The number of imidazole rings is 1. The molecule has 0 saturated heterocycles. The number of aromatic carboxylic acids is 2. The summed E-state index contributed by atoms with van der Waals surface area (Å²) >= 11 is 0. The lowest BCUT2D eigenvalue weighted by atomic mass is 10.1. The number of hydrazine groups is 2. The van der Waals surface area contributed by atoms with Gasteiger partial charge < -0.3 is 25.6 Å². The van der Waals surface area contributed by atoms with Gasteiger partial charge in [0.25, 0.3) is 11.8 Å². The third-order valence-electron chi connectivity index (χ3n) is 7.22. The van der Waals surface area contributed by atoms with Gasteiger partial charge >= 0.3 is 11.9 Å². The first-order chi connectivity index (χ1) is 24.5. The van der Waals surface area contributed by atoms with Crippen molar-refractivity contribution >= 4 is 40.8 Å². The summed E-state index contributed by atoms with van der Waals surface area (Å²) in [4.78, 5) is 53.4. The van der Waals surface area contributed by atoms with Crippen LogP contribution in [-0.2, 0) is 11.2 Å². The fourth-order valence-corrected chi connectivity index (χ4v) is 4.73. The normalized spacial score (nSPS) is 13.1. The van der Waals surface area contributed by atoms with E-state index < -0.39 is 58.9 Å². The van der Waals surface area contributed by atoms with Crippen molar-refractivity contribution in [2.75, 3.05) is 17.2 Å². The van der Waals surface area contributed by atoms with E-state index in [0.29, 0.717) is 23.6 Å². The van der Waals surface area contributed by atoms with Crippen LogP contribution in [-0.4, -0.2) is 71.2 Å². The number of aromatic nitrogens is 4. The van der Waals surface area contributed by atoms with Crippen LogP contribution in [0.15, 0.2) is 83.8 Å². The first-order valence-electron chi connectivity index (χ1n) is 14.5. The molecule has 0 spiro atoms. The Balaban J connectivity index is 1.16. The molecule has 0 unspecified atom stereocenters. The fourth-order valence-electron chi connectivity index (χ4n) is 4.73. The lowest BCUT2D eigenvalue weighted by Gasteiger charge is -2.18. The Morgan fingerprint density at radius 3 is 2.33 bits per heavy atom. The largest absolute Gasteiger partial charge is 0.490 e. The molecule has 0 atom stereocenters. The van der Waals surface area contributed by atoms with Crippen molar-refractivity contribution in [3.05, 3.63) is 113 Å². The average molecular weight is 698 g/mol. The van der Waals surface area contributed by atoms with Crippen LogP contribution in [0, 0.1) is 23.0 Å². The number of halogens is 2. The Bertz CT molecular complexity index is 2230. The molecule has 0 bridgehead atoms. The van der Waals surface area contributed by atoms with Gasteiger partial charge in [-0.25, -0.2) is 23.4 Å². The Morgan fingerprint density at radius 1 is 0.941 bits per heavy atom. The number of anilines is 2. The van der Waals surface area contributed by atoms with E-state index in [1.807, 2.05) is 6.07 Å². The van der Waals surface area contributed by atoms with E-state index in [9.17, 15) is 38.2 Å². The Kier molecular flexibility index (Phi) is 9.10. The molecule has 6 rings (SSSR count). The Hall–Kier alpha value is -7.53. The number of carbonyl (C=O) groups excluding carboxylic acids is 2. The zero-order valence-electron chi connectivity index (χ0n) is 25.6. The number of benzene rings is 2. The molecule has 2 amide bonds. The molecule has 4 aromatic rings. The molecule has 2 aromatic heterocycles. The Morgan fingerprint density at radius 2 is 1.67 bits per heavy atom. The monoisotopic (exact) mass is 697 g/mol. The van der Waals surface area contributed by atoms with Crippen molar-refractivity contribution in [3.63, 3.8) is 0 Å². The van der Waals surface area contributed by atoms with E-state index in [0.717, 1.165) is 17.3 Å². The van der Waals surface area contributed by atoms with Gasteiger partial charge in [-0.1, -0.05) is 0 Å². The van der Waals surface area contributed by atoms with Crippen LogP contribution in [0.1, 0.15) is 36.8 Å². The summed E-state index contributed by atoms with van der Waals surface area (Å²) in [6.45, 7) is -0.409. The number of ether oxygens (including phenoxy) is 1. The lowest BCUT2D eigenvalue weighted by molar-refractivity contribution is -0.110. The number of carboxylic acid groups (broad SMARTS) is 2. The van der Waals surface area contributed by atoms with E-state index in [4.69, 9.17) is 10.00 Å². The van der Waals surface area contributed by atoms with Gasteiger partial charge in [0.05, 0.1) is 29.1 Å². The maximum atomic E-state index is 15.0. The van der Waals surface area contributed by atoms with Gasteiger partial charge in [0, 0.05) is 24.9 Å². The highest BCUT2D eigenvalue weighted by Gasteiger charge is 2.26. The van der Waals surface area contributed by atoms with Crippen LogP contribution in [0.5, 0.6) is 5.75 Å². The number of carboxylic acids is 2. The first kappa shape index (κ1) is 33.4. The van der Waals surface area contributed by atoms with E-state index in [2.05, 4.69) is 41.9 Å². The van der Waals surface area contributed by atoms with Crippen molar-refractivity contribution in [2.45, 2.75) is 6.42 Å². The molecule has 0 aliphatic carbocycles. The van der Waals surface area contributed by atoms with Gasteiger partial charge in [0.15, 0.2) is 34.5 Å². The van der Waals surface area contributed by atoms with Crippen molar-refractivity contribution in [2.24, 2.45) is 5.10 Å². The number of allylic oxidation sites excluding steroid dienone is 2. The second-order valence-corrected chi connectivity index (χ2v) is 10.4. The third kappa shape index (κ3) is 7.03. The van der Waals surface area contributed by atoms with E-state index in [1.54, 1.807) is 6.20 Å². The molecule has 6 N–H and O–H groups in total. The highest BCUT2D eigenvalue weighted by molar-refractivity contribution is 6.47. The highest BCUT2D eigenvalue weighted by atomic mass is 19.1. The van der Waals surface area contributed by atoms with Crippen molar-refractivity contribution < 1.29 is 42.9 Å². The number of nitrogens with one attached hydrogen (secondary N) is 4. The molecular formula is C31H21F2N11O7. The van der Waals surface area contributed by atoms with Gasteiger partial charge in [0.1, 0.15) is 23.9 Å². The molecule has 2 aromatic carbocycles. The van der Waals surface area contributed by atoms with Crippen LogP contribution in [0.4, 0.5) is 20.2 Å². The zero-order chi connectivity index (χ0) is 36.2. The van der Waals surface area contributed by atoms with Crippen molar-refractivity contribution in [3.8, 4) is 17.6 Å². The maximum Gasteiger partial charge on any atom is 0.337 e. The van der Waals surface area contributed by atoms with E-state index >= 15 is 0 Å². The lowest BCUT2D eigenvalue weighted by Crippen LogP contribution is -2.37. The summed E-state index contributed by atoms with van der Waals surface area (Å²) in [5, 5.41) is 46.0. The summed E-state index contributed by atoms with van der Waals surface area (Å²) in [5.41, 5.74) is 3.32. The molecule has 2 aliphatic rings. The van der Waals surface area contributed by atoms with Crippen LogP contribution in [0.2, 0.25) is 0 Å². The number of hydrogen-bond donors (Lipinski definition) is 6. The van der Waals surface area contributed by atoms with Gasteiger partial charge in [-0.05, 0) is 48.0 Å². The fraction of sp³-hybridized carbons (Fsp3) is 0.0645. The average Bonchev–Trinajstić information content (AvgIpc) is 3.81. The summed E-state index contributed by atoms with van der Waals surface area (Å²) in [6.07, 6.45) is 7.03. The quantitative estimate of drug-likeness (QED) is 0.131. The number of fused-ring (bicyclic) bond motifs is 1. The smallest absolute Gasteiger partial charge is 0.337 e. The van der Waals surface area contributed by atoms with Crippen LogP contribution in [0.3, 0.4) is 0 Å². The van der Waals surface area contributed by atoms with Gasteiger partial charge in [-0.3, -0.25) is 19.6 Å². The SMILES string of the molecule is N#CC1=C2C=CC(C(=O)Nc3cc(CCOc4cc(NC(=O)c5ccc(-n6ccnc6)nn5)c(C(=O)O)cc4F)c(F)cc3C(=O)O)=NN2NN1. The minimum Gasteiger partial charge on any atom is -0.490 e. The molecule has 20 heteroatoms.